The van der Waals surface area contributed by atoms with Crippen molar-refractivity contribution < 1.29 is 14.7 Å². The molecule has 0 aliphatic carbocycles. The molecule has 0 saturated carbocycles. The molecule has 1 aliphatic heterocycles. The average Bonchev–Trinajstić information content (AvgIpc) is 2.85. The molecule has 1 saturated heterocycles. The normalized spacial score (nSPS) is 22.3. The van der Waals surface area contributed by atoms with E-state index < -0.39 is 12.0 Å². The Hall–Kier alpha value is -1.50. The van der Waals surface area contributed by atoms with Gasteiger partial charge in [-0.3, -0.25) is 9.48 Å². The lowest BCUT2D eigenvalue weighted by atomic mass is 10.1. The lowest BCUT2D eigenvalue weighted by Crippen LogP contribution is -2.45. The molecule has 0 aromatic carbocycles. The largest absolute Gasteiger partial charge is 0.480 e. The third-order valence-corrected chi connectivity index (χ3v) is 5.00. The molecule has 1 N–H and O–H groups in total. The number of amides is 1. The van der Waals surface area contributed by atoms with Crippen molar-refractivity contribution in [2.24, 2.45) is 7.05 Å². The van der Waals surface area contributed by atoms with Crippen molar-refractivity contribution in [1.82, 2.24) is 14.7 Å². The van der Waals surface area contributed by atoms with Crippen LogP contribution >= 0.6 is 11.8 Å². The molecular formula is C13H19N3O3S. The van der Waals surface area contributed by atoms with Crippen molar-refractivity contribution >= 4 is 23.6 Å². The number of aliphatic carboxylic acids is 1. The summed E-state index contributed by atoms with van der Waals surface area (Å²) < 4.78 is 1.74. The molecule has 1 aromatic rings. The zero-order valence-corrected chi connectivity index (χ0v) is 12.9. The van der Waals surface area contributed by atoms with Crippen molar-refractivity contribution in [2.75, 3.05) is 5.75 Å². The maximum absolute atomic E-state index is 12.5. The summed E-state index contributed by atoms with van der Waals surface area (Å²) in [5.41, 5.74) is 2.66. The van der Waals surface area contributed by atoms with Crippen LogP contribution in [-0.4, -0.2) is 48.8 Å². The number of rotatable bonds is 3. The van der Waals surface area contributed by atoms with E-state index in [9.17, 15) is 14.7 Å². The van der Waals surface area contributed by atoms with Gasteiger partial charge in [0.2, 0.25) is 5.91 Å². The van der Waals surface area contributed by atoms with Gasteiger partial charge in [-0.25, -0.2) is 4.79 Å². The molecule has 6 nitrogen and oxygen atoms in total. The highest BCUT2D eigenvalue weighted by Crippen LogP contribution is 2.29. The Morgan fingerprint density at radius 3 is 2.60 bits per heavy atom. The SMILES string of the molecule is Cc1nn(C)c(C)c1CC(=O)N1C(C)SCC1C(=O)O. The van der Waals surface area contributed by atoms with Gasteiger partial charge in [0.05, 0.1) is 17.5 Å². The Bertz CT molecular complexity index is 555. The van der Waals surface area contributed by atoms with Crippen LogP contribution in [-0.2, 0) is 23.1 Å². The minimum Gasteiger partial charge on any atom is -0.480 e. The number of hydrogen-bond acceptors (Lipinski definition) is 4. The zero-order chi connectivity index (χ0) is 15.0. The molecule has 2 unspecified atom stereocenters. The molecule has 2 rings (SSSR count). The first kappa shape index (κ1) is 14.9. The van der Waals surface area contributed by atoms with Crippen LogP contribution in [0.3, 0.4) is 0 Å². The van der Waals surface area contributed by atoms with Gasteiger partial charge in [0.25, 0.3) is 0 Å². The van der Waals surface area contributed by atoms with E-state index in [0.29, 0.717) is 5.75 Å². The number of aryl methyl sites for hydroxylation is 2. The molecule has 1 aromatic heterocycles. The number of aromatic nitrogens is 2. The number of carboxylic acids is 1. The second-order valence-corrected chi connectivity index (χ2v) is 6.39. The van der Waals surface area contributed by atoms with Gasteiger partial charge in [0.1, 0.15) is 6.04 Å². The number of hydrogen-bond donors (Lipinski definition) is 1. The Balaban J connectivity index is 2.21. The van der Waals surface area contributed by atoms with E-state index in [4.69, 9.17) is 0 Å². The van der Waals surface area contributed by atoms with Crippen LogP contribution in [0.5, 0.6) is 0 Å². The molecular weight excluding hydrogens is 278 g/mol. The van der Waals surface area contributed by atoms with Crippen molar-refractivity contribution in [3.63, 3.8) is 0 Å². The summed E-state index contributed by atoms with van der Waals surface area (Å²) in [4.78, 5) is 25.2. The van der Waals surface area contributed by atoms with Gasteiger partial charge in [0.15, 0.2) is 0 Å². The van der Waals surface area contributed by atoms with E-state index in [-0.39, 0.29) is 17.7 Å². The van der Waals surface area contributed by atoms with Crippen molar-refractivity contribution in [1.29, 1.82) is 0 Å². The van der Waals surface area contributed by atoms with E-state index in [0.717, 1.165) is 17.0 Å². The number of carbonyl (C=O) groups excluding carboxylic acids is 1. The smallest absolute Gasteiger partial charge is 0.327 e. The van der Waals surface area contributed by atoms with Crippen LogP contribution in [0, 0.1) is 13.8 Å². The van der Waals surface area contributed by atoms with E-state index in [1.807, 2.05) is 27.8 Å². The Labute approximate surface area is 122 Å². The second-order valence-electron chi connectivity index (χ2n) is 5.04. The quantitative estimate of drug-likeness (QED) is 0.899. The molecule has 7 heteroatoms. The van der Waals surface area contributed by atoms with Gasteiger partial charge in [-0.2, -0.15) is 5.10 Å². The molecule has 1 aliphatic rings. The molecule has 2 heterocycles. The summed E-state index contributed by atoms with van der Waals surface area (Å²) >= 11 is 1.50. The zero-order valence-electron chi connectivity index (χ0n) is 12.1. The van der Waals surface area contributed by atoms with Gasteiger partial charge < -0.3 is 10.0 Å². The van der Waals surface area contributed by atoms with Crippen LogP contribution in [0.15, 0.2) is 0 Å². The average molecular weight is 297 g/mol. The first-order valence-corrected chi connectivity index (χ1v) is 7.52. The van der Waals surface area contributed by atoms with Crippen molar-refractivity contribution in [3.8, 4) is 0 Å². The third kappa shape index (κ3) is 2.54. The second kappa shape index (κ2) is 5.47. The minimum atomic E-state index is -0.935. The van der Waals surface area contributed by atoms with E-state index in [1.165, 1.54) is 16.7 Å². The summed E-state index contributed by atoms with van der Waals surface area (Å²) in [6, 6.07) is -0.722. The van der Waals surface area contributed by atoms with E-state index in [2.05, 4.69) is 5.10 Å². The molecule has 1 amide bonds. The van der Waals surface area contributed by atoms with Crippen LogP contribution < -0.4 is 0 Å². The molecule has 0 spiro atoms. The number of nitrogens with zero attached hydrogens (tertiary/aromatic N) is 3. The maximum atomic E-state index is 12.5. The molecule has 1 fully saturated rings. The fourth-order valence-corrected chi connectivity index (χ4v) is 3.72. The fraction of sp³-hybridized carbons (Fsp3) is 0.615. The number of thioether (sulfide) groups is 1. The highest BCUT2D eigenvalue weighted by Gasteiger charge is 2.39. The van der Waals surface area contributed by atoms with Crippen LogP contribution in [0.4, 0.5) is 0 Å². The predicted molar refractivity (Wildman–Crippen MR) is 76.6 cm³/mol. The highest BCUT2D eigenvalue weighted by atomic mass is 32.2. The Kier molecular flexibility index (Phi) is 4.08. The van der Waals surface area contributed by atoms with E-state index in [1.54, 1.807) is 4.68 Å². The first-order valence-electron chi connectivity index (χ1n) is 6.47. The Morgan fingerprint density at radius 2 is 2.10 bits per heavy atom. The lowest BCUT2D eigenvalue weighted by Gasteiger charge is -2.25. The summed E-state index contributed by atoms with van der Waals surface area (Å²) in [5, 5.41) is 13.4. The summed E-state index contributed by atoms with van der Waals surface area (Å²) in [7, 11) is 1.84. The van der Waals surface area contributed by atoms with Crippen LogP contribution in [0.2, 0.25) is 0 Å². The van der Waals surface area contributed by atoms with Crippen molar-refractivity contribution in [2.45, 2.75) is 38.6 Å². The van der Waals surface area contributed by atoms with Gasteiger partial charge in [-0.05, 0) is 20.8 Å². The van der Waals surface area contributed by atoms with Crippen molar-refractivity contribution in [3.05, 3.63) is 17.0 Å². The highest BCUT2D eigenvalue weighted by molar-refractivity contribution is 8.00. The fourth-order valence-electron chi connectivity index (χ4n) is 2.53. The van der Waals surface area contributed by atoms with Crippen LogP contribution in [0.25, 0.3) is 0 Å². The summed E-state index contributed by atoms with van der Waals surface area (Å²) in [5.74, 6) is -0.628. The summed E-state index contributed by atoms with van der Waals surface area (Å²) in [6.07, 6.45) is 0.209. The summed E-state index contributed by atoms with van der Waals surface area (Å²) in [6.45, 7) is 5.65. The topological polar surface area (TPSA) is 75.4 Å². The van der Waals surface area contributed by atoms with E-state index >= 15 is 0 Å². The van der Waals surface area contributed by atoms with Gasteiger partial charge in [-0.1, -0.05) is 0 Å². The number of carboxylic acid groups (broad SMARTS) is 1. The molecule has 0 bridgehead atoms. The monoisotopic (exact) mass is 297 g/mol. The van der Waals surface area contributed by atoms with Gasteiger partial charge in [-0.15, -0.1) is 11.8 Å². The standard InChI is InChI=1S/C13H19N3O3S/c1-7-10(8(2)15(4)14-7)5-12(17)16-9(3)20-6-11(16)13(18)19/h9,11H,5-6H2,1-4H3,(H,18,19). The lowest BCUT2D eigenvalue weighted by molar-refractivity contribution is -0.148. The van der Waals surface area contributed by atoms with Crippen LogP contribution in [0.1, 0.15) is 23.9 Å². The molecule has 2 atom stereocenters. The third-order valence-electron chi connectivity index (χ3n) is 3.78. The predicted octanol–water partition coefficient (Wildman–Crippen LogP) is 0.954. The number of carbonyl (C=O) groups is 2. The molecule has 0 radical (unpaired) electrons. The first-order chi connectivity index (χ1) is 9.32. The van der Waals surface area contributed by atoms with Gasteiger partial charge >= 0.3 is 5.97 Å². The molecule has 110 valence electrons. The van der Waals surface area contributed by atoms with Gasteiger partial charge in [0, 0.05) is 24.1 Å². The molecule has 20 heavy (non-hydrogen) atoms. The maximum Gasteiger partial charge on any atom is 0.327 e. The Morgan fingerprint density at radius 1 is 1.45 bits per heavy atom. The minimum absolute atomic E-state index is 0.0964.